The van der Waals surface area contributed by atoms with E-state index in [2.05, 4.69) is 0 Å². The predicted molar refractivity (Wildman–Crippen MR) is 63.6 cm³/mol. The lowest BCUT2D eigenvalue weighted by Crippen LogP contribution is -2.34. The molecule has 96 valence electrons. The van der Waals surface area contributed by atoms with E-state index in [1.807, 2.05) is 0 Å². The van der Waals surface area contributed by atoms with Crippen LogP contribution in [0.25, 0.3) is 0 Å². The number of hydrogen-bond acceptors (Lipinski definition) is 5. The first-order valence-corrected chi connectivity index (χ1v) is 5.46. The van der Waals surface area contributed by atoms with Crippen molar-refractivity contribution in [3.05, 3.63) is 23.8 Å². The van der Waals surface area contributed by atoms with Gasteiger partial charge in [-0.2, -0.15) is 0 Å². The molecule has 1 amide bonds. The summed E-state index contributed by atoms with van der Waals surface area (Å²) >= 11 is 0. The van der Waals surface area contributed by atoms with Crippen LogP contribution in [0.1, 0.15) is 10.4 Å². The minimum atomic E-state index is -0.462. The first kappa shape index (κ1) is 12.4. The van der Waals surface area contributed by atoms with Crippen molar-refractivity contribution in [2.75, 3.05) is 26.9 Å². The second kappa shape index (κ2) is 5.05. The third-order valence-corrected chi connectivity index (χ3v) is 2.53. The Morgan fingerprint density at radius 1 is 1.28 bits per heavy atom. The molecule has 0 saturated carbocycles. The molecular weight excluding hydrogens is 236 g/mol. The van der Waals surface area contributed by atoms with Crippen LogP contribution in [0.3, 0.4) is 0 Å². The molecule has 1 heterocycles. The number of ketones is 1. The van der Waals surface area contributed by atoms with Crippen LogP contribution in [0.2, 0.25) is 0 Å². The predicted octanol–water partition coefficient (Wildman–Crippen LogP) is 0.0151. The van der Waals surface area contributed by atoms with Crippen molar-refractivity contribution in [3.63, 3.8) is 0 Å². The van der Waals surface area contributed by atoms with E-state index < -0.39 is 5.91 Å². The number of primary amides is 1. The highest BCUT2D eigenvalue weighted by Crippen LogP contribution is 2.32. The van der Waals surface area contributed by atoms with Crippen LogP contribution in [0.4, 0.5) is 0 Å². The summed E-state index contributed by atoms with van der Waals surface area (Å²) in [5.74, 6) is 0.642. The summed E-state index contributed by atoms with van der Waals surface area (Å²) in [6, 6.07) is 5.01. The zero-order valence-electron chi connectivity index (χ0n) is 10.0. The number of carbonyl (C=O) groups is 2. The summed E-state index contributed by atoms with van der Waals surface area (Å²) in [5, 5.41) is 0. The summed E-state index contributed by atoms with van der Waals surface area (Å²) in [6.07, 6.45) is 0. The van der Waals surface area contributed by atoms with Gasteiger partial charge in [0.05, 0.1) is 13.1 Å². The number of amides is 1. The van der Waals surface area contributed by atoms with Crippen molar-refractivity contribution >= 4 is 11.7 Å². The first-order valence-electron chi connectivity index (χ1n) is 5.46. The fourth-order valence-electron chi connectivity index (χ4n) is 1.73. The third kappa shape index (κ3) is 2.78. The Balaban J connectivity index is 2.03. The number of benzene rings is 1. The lowest BCUT2D eigenvalue weighted by molar-refractivity contribution is -0.118. The largest absolute Gasteiger partial charge is 0.454 e. The Morgan fingerprint density at radius 2 is 2.00 bits per heavy atom. The van der Waals surface area contributed by atoms with Gasteiger partial charge < -0.3 is 15.2 Å². The highest BCUT2D eigenvalue weighted by molar-refractivity contribution is 5.98. The maximum Gasteiger partial charge on any atom is 0.231 e. The molecule has 0 aromatic heterocycles. The zero-order chi connectivity index (χ0) is 13.1. The van der Waals surface area contributed by atoms with E-state index in [0.717, 1.165) is 0 Å². The monoisotopic (exact) mass is 250 g/mol. The number of nitrogens with zero attached hydrogens (tertiary/aromatic N) is 1. The van der Waals surface area contributed by atoms with E-state index >= 15 is 0 Å². The quantitative estimate of drug-likeness (QED) is 0.745. The highest BCUT2D eigenvalue weighted by atomic mass is 16.7. The molecule has 0 saturated heterocycles. The van der Waals surface area contributed by atoms with Gasteiger partial charge in [0.1, 0.15) is 0 Å². The number of hydrogen-bond donors (Lipinski definition) is 1. The number of likely N-dealkylation sites (N-methyl/N-ethyl adjacent to an activating group) is 1. The van der Waals surface area contributed by atoms with Crippen LogP contribution < -0.4 is 15.2 Å². The van der Waals surface area contributed by atoms with Crippen molar-refractivity contribution in [2.24, 2.45) is 5.73 Å². The van der Waals surface area contributed by atoms with Gasteiger partial charge in [-0.3, -0.25) is 14.5 Å². The van der Waals surface area contributed by atoms with Gasteiger partial charge in [-0.15, -0.1) is 0 Å². The number of rotatable bonds is 5. The van der Waals surface area contributed by atoms with Crippen molar-refractivity contribution in [1.82, 2.24) is 4.90 Å². The summed E-state index contributed by atoms with van der Waals surface area (Å²) in [5.41, 5.74) is 5.58. The van der Waals surface area contributed by atoms with Crippen molar-refractivity contribution < 1.29 is 19.1 Å². The highest BCUT2D eigenvalue weighted by Gasteiger charge is 2.17. The van der Waals surface area contributed by atoms with E-state index in [1.165, 1.54) is 0 Å². The van der Waals surface area contributed by atoms with Crippen LogP contribution >= 0.6 is 0 Å². The number of ether oxygens (including phenoxy) is 2. The molecule has 6 nitrogen and oxygen atoms in total. The van der Waals surface area contributed by atoms with E-state index in [9.17, 15) is 9.59 Å². The lowest BCUT2D eigenvalue weighted by Gasteiger charge is -2.13. The summed E-state index contributed by atoms with van der Waals surface area (Å²) in [6.45, 7) is 0.355. The molecule has 0 spiro atoms. The molecule has 0 atom stereocenters. The topological polar surface area (TPSA) is 81.9 Å². The fourth-order valence-corrected chi connectivity index (χ4v) is 1.73. The smallest absolute Gasteiger partial charge is 0.231 e. The van der Waals surface area contributed by atoms with Gasteiger partial charge in [-0.05, 0) is 25.2 Å². The Labute approximate surface area is 104 Å². The van der Waals surface area contributed by atoms with Crippen molar-refractivity contribution in [1.29, 1.82) is 0 Å². The maximum atomic E-state index is 11.9. The number of carbonyl (C=O) groups excluding carboxylic acids is 2. The average molecular weight is 250 g/mol. The SMILES string of the molecule is CN(CC(N)=O)CC(=O)c1ccc2c(c1)OCO2. The van der Waals surface area contributed by atoms with E-state index in [0.29, 0.717) is 17.1 Å². The standard InChI is InChI=1S/C12H14N2O4/c1-14(6-12(13)16)5-9(15)8-2-3-10-11(4-8)18-7-17-10/h2-4H,5-7H2,1H3,(H2,13,16). The lowest BCUT2D eigenvalue weighted by atomic mass is 10.1. The molecule has 1 aromatic rings. The van der Waals surface area contributed by atoms with Gasteiger partial charge in [0.15, 0.2) is 17.3 Å². The van der Waals surface area contributed by atoms with Gasteiger partial charge in [-0.25, -0.2) is 0 Å². The van der Waals surface area contributed by atoms with Gasteiger partial charge in [-0.1, -0.05) is 0 Å². The summed E-state index contributed by atoms with van der Waals surface area (Å²) in [7, 11) is 1.66. The minimum absolute atomic E-state index is 0.0519. The van der Waals surface area contributed by atoms with Gasteiger partial charge in [0, 0.05) is 5.56 Å². The number of nitrogens with two attached hydrogens (primary N) is 1. The van der Waals surface area contributed by atoms with Crippen LogP contribution in [0, 0.1) is 0 Å². The number of Topliss-reactive ketones (excluding diaryl/α,β-unsaturated/α-hetero) is 1. The van der Waals surface area contributed by atoms with Gasteiger partial charge in [0.25, 0.3) is 0 Å². The number of fused-ring (bicyclic) bond motifs is 1. The fraction of sp³-hybridized carbons (Fsp3) is 0.333. The van der Waals surface area contributed by atoms with Crippen molar-refractivity contribution in [2.45, 2.75) is 0 Å². The second-order valence-corrected chi connectivity index (χ2v) is 4.13. The maximum absolute atomic E-state index is 11.9. The average Bonchev–Trinajstić information content (AvgIpc) is 2.74. The molecule has 0 bridgehead atoms. The molecular formula is C12H14N2O4. The Hall–Kier alpha value is -2.08. The zero-order valence-corrected chi connectivity index (χ0v) is 10.0. The summed E-state index contributed by atoms with van der Waals surface area (Å²) < 4.78 is 10.4. The second-order valence-electron chi connectivity index (χ2n) is 4.13. The molecule has 0 unspecified atom stereocenters. The normalized spacial score (nSPS) is 12.8. The molecule has 1 aliphatic rings. The van der Waals surface area contributed by atoms with E-state index in [4.69, 9.17) is 15.2 Å². The molecule has 18 heavy (non-hydrogen) atoms. The molecule has 6 heteroatoms. The van der Waals surface area contributed by atoms with E-state index in [-0.39, 0.29) is 25.7 Å². The Bertz CT molecular complexity index is 487. The molecule has 1 aromatic carbocycles. The Morgan fingerprint density at radius 3 is 2.72 bits per heavy atom. The summed E-state index contributed by atoms with van der Waals surface area (Å²) in [4.78, 5) is 24.2. The van der Waals surface area contributed by atoms with Crippen LogP contribution in [-0.4, -0.2) is 43.5 Å². The van der Waals surface area contributed by atoms with Gasteiger partial charge in [0.2, 0.25) is 12.7 Å². The molecule has 0 radical (unpaired) electrons. The molecule has 2 N–H and O–H groups in total. The van der Waals surface area contributed by atoms with Crippen molar-refractivity contribution in [3.8, 4) is 11.5 Å². The van der Waals surface area contributed by atoms with Crippen LogP contribution in [-0.2, 0) is 4.79 Å². The molecule has 0 fully saturated rings. The van der Waals surface area contributed by atoms with Crippen LogP contribution in [0.15, 0.2) is 18.2 Å². The minimum Gasteiger partial charge on any atom is -0.454 e. The van der Waals surface area contributed by atoms with Crippen LogP contribution in [0.5, 0.6) is 11.5 Å². The molecule has 2 rings (SSSR count). The van der Waals surface area contributed by atoms with Gasteiger partial charge >= 0.3 is 0 Å². The van der Waals surface area contributed by atoms with E-state index in [1.54, 1.807) is 30.1 Å². The third-order valence-electron chi connectivity index (χ3n) is 2.53. The molecule has 1 aliphatic heterocycles. The Kier molecular flexibility index (Phi) is 3.47. The first-order chi connectivity index (χ1) is 8.56. The molecule has 0 aliphatic carbocycles.